The summed E-state index contributed by atoms with van der Waals surface area (Å²) in [5.41, 5.74) is 2.20. The smallest absolute Gasteiger partial charge is 0.337 e. The van der Waals surface area contributed by atoms with Crippen LogP contribution in [0, 0.1) is 0 Å². The third-order valence-electron chi connectivity index (χ3n) is 3.83. The number of methoxy groups -OCH3 is 1. The number of nitrogens with zero attached hydrogens (tertiary/aromatic N) is 1. The lowest BCUT2D eigenvalue weighted by molar-refractivity contribution is -0.116. The van der Waals surface area contributed by atoms with Crippen molar-refractivity contribution in [2.45, 2.75) is 6.54 Å². The first-order valence-electron chi connectivity index (χ1n) is 7.63. The van der Waals surface area contributed by atoms with E-state index in [4.69, 9.17) is 0 Å². The number of hydrogen-bond acceptors (Lipinski definition) is 4. The fraction of sp³-hybridized carbons (Fsp3) is 0.105. The zero-order chi connectivity index (χ0) is 17.8. The third kappa shape index (κ3) is 3.42. The molecule has 0 aliphatic carbocycles. The van der Waals surface area contributed by atoms with Crippen molar-refractivity contribution >= 4 is 34.8 Å². The number of carbonyl (C=O) groups is 3. The van der Waals surface area contributed by atoms with Crippen molar-refractivity contribution in [1.82, 2.24) is 4.57 Å². The number of ether oxygens (including phenoxy) is 1. The Hall–Kier alpha value is -3.41. The highest BCUT2D eigenvalue weighted by Gasteiger charge is 2.12. The maximum absolute atomic E-state index is 12.3. The minimum atomic E-state index is -0.469. The summed E-state index contributed by atoms with van der Waals surface area (Å²) in [6.07, 6.45) is 2.43. The van der Waals surface area contributed by atoms with E-state index in [0.29, 0.717) is 16.8 Å². The summed E-state index contributed by atoms with van der Waals surface area (Å²) >= 11 is 0. The summed E-state index contributed by atoms with van der Waals surface area (Å²) < 4.78 is 6.39. The van der Waals surface area contributed by atoms with Gasteiger partial charge in [0.2, 0.25) is 5.91 Å². The average Bonchev–Trinajstić information content (AvgIpc) is 2.99. The molecule has 6 heteroatoms. The first kappa shape index (κ1) is 16.4. The molecule has 1 N–H and O–H groups in total. The molecule has 1 amide bonds. The zero-order valence-corrected chi connectivity index (χ0v) is 13.6. The second-order valence-corrected chi connectivity index (χ2v) is 5.47. The minimum Gasteiger partial charge on any atom is -0.465 e. The molecule has 0 bridgehead atoms. The first-order valence-corrected chi connectivity index (χ1v) is 7.63. The van der Waals surface area contributed by atoms with Gasteiger partial charge in [-0.3, -0.25) is 9.59 Å². The lowest BCUT2D eigenvalue weighted by atomic mass is 10.2. The van der Waals surface area contributed by atoms with Crippen molar-refractivity contribution in [3.05, 3.63) is 65.9 Å². The molecule has 2 aromatic carbocycles. The number of hydrogen-bond donors (Lipinski definition) is 1. The molecule has 25 heavy (non-hydrogen) atoms. The van der Waals surface area contributed by atoms with E-state index in [1.165, 1.54) is 7.11 Å². The molecular formula is C19H16N2O4. The lowest BCUT2D eigenvalue weighted by Crippen LogP contribution is -2.18. The van der Waals surface area contributed by atoms with E-state index in [1.807, 2.05) is 24.3 Å². The van der Waals surface area contributed by atoms with Gasteiger partial charge in [0, 0.05) is 28.4 Å². The number of aromatic nitrogens is 1. The Labute approximate surface area is 144 Å². The van der Waals surface area contributed by atoms with Crippen LogP contribution in [0.4, 0.5) is 5.69 Å². The number of amides is 1. The second-order valence-electron chi connectivity index (χ2n) is 5.47. The first-order chi connectivity index (χ1) is 12.1. The van der Waals surface area contributed by atoms with E-state index in [1.54, 1.807) is 35.0 Å². The number of fused-ring (bicyclic) bond motifs is 1. The monoisotopic (exact) mass is 336 g/mol. The highest BCUT2D eigenvalue weighted by Crippen LogP contribution is 2.20. The third-order valence-corrected chi connectivity index (χ3v) is 3.83. The highest BCUT2D eigenvalue weighted by atomic mass is 16.5. The SMILES string of the molecule is COC(=O)c1cccc(NC(=O)Cn2cc(C=O)c3ccccc32)c1. The molecule has 0 spiro atoms. The number of aldehydes is 1. The Morgan fingerprint density at radius 1 is 1.16 bits per heavy atom. The molecule has 3 rings (SSSR count). The van der Waals surface area contributed by atoms with Gasteiger partial charge >= 0.3 is 5.97 Å². The Morgan fingerprint density at radius 2 is 1.96 bits per heavy atom. The summed E-state index contributed by atoms with van der Waals surface area (Å²) in [5.74, 6) is -0.733. The van der Waals surface area contributed by atoms with Crippen LogP contribution in [0.25, 0.3) is 10.9 Å². The molecule has 1 heterocycles. The van der Waals surface area contributed by atoms with Gasteiger partial charge in [0.25, 0.3) is 0 Å². The van der Waals surface area contributed by atoms with Crippen molar-refractivity contribution in [2.75, 3.05) is 12.4 Å². The molecule has 0 saturated carbocycles. The van der Waals surface area contributed by atoms with E-state index in [-0.39, 0.29) is 12.5 Å². The molecule has 3 aromatic rings. The zero-order valence-electron chi connectivity index (χ0n) is 13.6. The van der Waals surface area contributed by atoms with E-state index < -0.39 is 5.97 Å². The van der Waals surface area contributed by atoms with E-state index in [2.05, 4.69) is 10.1 Å². The number of rotatable bonds is 5. The Morgan fingerprint density at radius 3 is 2.72 bits per heavy atom. The lowest BCUT2D eigenvalue weighted by Gasteiger charge is -2.08. The summed E-state index contributed by atoms with van der Waals surface area (Å²) in [4.78, 5) is 35.1. The van der Waals surface area contributed by atoms with Gasteiger partial charge in [-0.15, -0.1) is 0 Å². The van der Waals surface area contributed by atoms with Crippen molar-refractivity contribution in [1.29, 1.82) is 0 Å². The molecule has 1 aromatic heterocycles. The van der Waals surface area contributed by atoms with E-state index in [0.717, 1.165) is 17.2 Å². The van der Waals surface area contributed by atoms with Crippen LogP contribution in [0.15, 0.2) is 54.7 Å². The van der Waals surface area contributed by atoms with E-state index in [9.17, 15) is 14.4 Å². The van der Waals surface area contributed by atoms with Gasteiger partial charge in [-0.25, -0.2) is 4.79 Å². The van der Waals surface area contributed by atoms with Gasteiger partial charge in [-0.2, -0.15) is 0 Å². The van der Waals surface area contributed by atoms with Crippen molar-refractivity contribution in [3.63, 3.8) is 0 Å². The molecule has 0 saturated heterocycles. The summed E-state index contributed by atoms with van der Waals surface area (Å²) in [7, 11) is 1.30. The fourth-order valence-corrected chi connectivity index (χ4v) is 2.70. The molecule has 0 fully saturated rings. The molecule has 0 aliphatic rings. The summed E-state index contributed by atoms with van der Waals surface area (Å²) in [5, 5.41) is 3.55. The molecule has 126 valence electrons. The van der Waals surface area contributed by atoms with Crippen LogP contribution in [0.2, 0.25) is 0 Å². The average molecular weight is 336 g/mol. The maximum Gasteiger partial charge on any atom is 0.337 e. The van der Waals surface area contributed by atoms with Crippen LogP contribution in [0.5, 0.6) is 0 Å². The number of carbonyl (C=O) groups excluding carboxylic acids is 3. The van der Waals surface area contributed by atoms with Crippen LogP contribution in [-0.2, 0) is 16.1 Å². The number of esters is 1. The fourth-order valence-electron chi connectivity index (χ4n) is 2.70. The quantitative estimate of drug-likeness (QED) is 0.574. The molecule has 0 atom stereocenters. The topological polar surface area (TPSA) is 77.4 Å². The van der Waals surface area contributed by atoms with Gasteiger partial charge < -0.3 is 14.6 Å². The minimum absolute atomic E-state index is 0.0524. The molecule has 6 nitrogen and oxygen atoms in total. The van der Waals surface area contributed by atoms with Gasteiger partial charge in [-0.1, -0.05) is 24.3 Å². The van der Waals surface area contributed by atoms with Crippen molar-refractivity contribution < 1.29 is 19.1 Å². The number of benzene rings is 2. The normalized spacial score (nSPS) is 10.4. The maximum atomic E-state index is 12.3. The molecular weight excluding hydrogens is 320 g/mol. The largest absolute Gasteiger partial charge is 0.465 e. The number of para-hydroxylation sites is 1. The summed E-state index contributed by atoms with van der Waals surface area (Å²) in [6.45, 7) is 0.0524. The van der Waals surface area contributed by atoms with Gasteiger partial charge in [0.05, 0.1) is 12.7 Å². The highest BCUT2D eigenvalue weighted by molar-refractivity contribution is 5.99. The van der Waals surface area contributed by atoms with Gasteiger partial charge in [0.15, 0.2) is 6.29 Å². The molecule has 0 unspecified atom stereocenters. The second kappa shape index (κ2) is 7.00. The summed E-state index contributed by atoms with van der Waals surface area (Å²) in [6, 6.07) is 13.9. The van der Waals surface area contributed by atoms with Crippen molar-refractivity contribution in [2.24, 2.45) is 0 Å². The number of nitrogens with one attached hydrogen (secondary N) is 1. The van der Waals surface area contributed by atoms with Crippen LogP contribution >= 0.6 is 0 Å². The van der Waals surface area contributed by atoms with Crippen LogP contribution < -0.4 is 5.32 Å². The standard InChI is InChI=1S/C19H16N2O4/c1-25-19(24)13-5-4-6-15(9-13)20-18(23)11-21-10-14(12-22)16-7-2-3-8-17(16)21/h2-10,12H,11H2,1H3,(H,20,23). The van der Waals surface area contributed by atoms with Crippen molar-refractivity contribution in [3.8, 4) is 0 Å². The van der Waals surface area contributed by atoms with Crippen LogP contribution in [0.1, 0.15) is 20.7 Å². The van der Waals surface area contributed by atoms with Crippen LogP contribution in [0.3, 0.4) is 0 Å². The number of anilines is 1. The Kier molecular flexibility index (Phi) is 4.61. The molecule has 0 aliphatic heterocycles. The Bertz CT molecular complexity index is 959. The predicted octanol–water partition coefficient (Wildman–Crippen LogP) is 2.88. The van der Waals surface area contributed by atoms with Gasteiger partial charge in [0.1, 0.15) is 6.54 Å². The predicted molar refractivity (Wildman–Crippen MR) is 93.7 cm³/mol. The Balaban J connectivity index is 1.80. The van der Waals surface area contributed by atoms with Crippen LogP contribution in [-0.4, -0.2) is 29.8 Å². The molecule has 0 radical (unpaired) electrons. The van der Waals surface area contributed by atoms with Gasteiger partial charge in [-0.05, 0) is 24.3 Å². The van der Waals surface area contributed by atoms with E-state index >= 15 is 0 Å².